The van der Waals surface area contributed by atoms with Gasteiger partial charge in [-0.05, 0) is 55.8 Å². The van der Waals surface area contributed by atoms with Gasteiger partial charge in [-0.1, -0.05) is 47.5 Å². The first-order valence-corrected chi connectivity index (χ1v) is 12.2. The highest BCUT2D eigenvalue weighted by Crippen LogP contribution is 2.28. The van der Waals surface area contributed by atoms with E-state index in [1.165, 1.54) is 18.2 Å². The second kappa shape index (κ2) is 9.70. The number of fused-ring (bicyclic) bond motifs is 1. The number of aryl methyl sites for hydroxylation is 2. The molecule has 174 valence electrons. The minimum Gasteiger partial charge on any atom is -0.481 e. The molecule has 0 saturated carbocycles. The quantitative estimate of drug-likeness (QED) is 0.361. The summed E-state index contributed by atoms with van der Waals surface area (Å²) in [5, 5.41) is 3.58. The Morgan fingerprint density at radius 2 is 1.82 bits per heavy atom. The summed E-state index contributed by atoms with van der Waals surface area (Å²) in [5.41, 5.74) is 3.17. The van der Waals surface area contributed by atoms with Crippen LogP contribution in [0.15, 0.2) is 77.8 Å². The highest BCUT2D eigenvalue weighted by Gasteiger charge is 2.20. The third-order valence-electron chi connectivity index (χ3n) is 5.09. The molecule has 1 amide bonds. The smallest absolute Gasteiger partial charge is 0.263 e. The molecule has 0 spiro atoms. The Bertz CT molecular complexity index is 1480. The Hall–Kier alpha value is -3.62. The first-order valence-electron chi connectivity index (χ1n) is 10.4. The van der Waals surface area contributed by atoms with Crippen LogP contribution in [0, 0.1) is 13.8 Å². The maximum Gasteiger partial charge on any atom is 0.263 e. The zero-order valence-corrected chi connectivity index (χ0v) is 20.1. The number of carbonyl (C=O) groups excluding carboxylic acids is 1. The Morgan fingerprint density at radius 1 is 1.03 bits per heavy atom. The standard InChI is InChI=1S/C25H22ClN3O4S/c1-16-8-11-21(17(2)13-16)29-34(31,32)23-14-19(9-10-20(23)26)28-24(30)15-33-22-7-3-5-18-6-4-12-27-25(18)22/h3-14,29H,15H2,1-2H3,(H,28,30). The van der Waals surface area contributed by atoms with Crippen molar-refractivity contribution in [1.82, 2.24) is 4.98 Å². The van der Waals surface area contributed by atoms with E-state index in [0.717, 1.165) is 16.5 Å². The van der Waals surface area contributed by atoms with E-state index >= 15 is 0 Å². The number of anilines is 2. The average Bonchev–Trinajstić information content (AvgIpc) is 2.80. The zero-order valence-electron chi connectivity index (χ0n) is 18.5. The van der Waals surface area contributed by atoms with Gasteiger partial charge in [-0.25, -0.2) is 8.42 Å². The van der Waals surface area contributed by atoms with Gasteiger partial charge in [0.15, 0.2) is 6.61 Å². The normalized spacial score (nSPS) is 11.3. The molecule has 0 saturated heterocycles. The number of carbonyl (C=O) groups is 1. The van der Waals surface area contributed by atoms with Crippen LogP contribution in [0.3, 0.4) is 0 Å². The monoisotopic (exact) mass is 495 g/mol. The number of hydrogen-bond acceptors (Lipinski definition) is 5. The first-order chi connectivity index (χ1) is 16.2. The first kappa shape index (κ1) is 23.5. The predicted molar refractivity (Wildman–Crippen MR) is 134 cm³/mol. The van der Waals surface area contributed by atoms with Crippen molar-refractivity contribution in [2.24, 2.45) is 0 Å². The van der Waals surface area contributed by atoms with Crippen molar-refractivity contribution in [1.29, 1.82) is 0 Å². The fourth-order valence-corrected chi connectivity index (χ4v) is 5.11. The van der Waals surface area contributed by atoms with Crippen LogP contribution < -0.4 is 14.8 Å². The molecule has 34 heavy (non-hydrogen) atoms. The van der Waals surface area contributed by atoms with Crippen LogP contribution in [0.2, 0.25) is 5.02 Å². The number of aromatic nitrogens is 1. The van der Waals surface area contributed by atoms with E-state index in [0.29, 0.717) is 17.0 Å². The van der Waals surface area contributed by atoms with E-state index in [1.54, 1.807) is 18.3 Å². The SMILES string of the molecule is Cc1ccc(NS(=O)(=O)c2cc(NC(=O)COc3cccc4cccnc34)ccc2Cl)c(C)c1. The third kappa shape index (κ3) is 5.30. The summed E-state index contributed by atoms with van der Waals surface area (Å²) in [5.74, 6) is 0.0197. The Morgan fingerprint density at radius 3 is 2.62 bits per heavy atom. The molecule has 7 nitrogen and oxygen atoms in total. The van der Waals surface area contributed by atoms with E-state index in [4.69, 9.17) is 16.3 Å². The van der Waals surface area contributed by atoms with Gasteiger partial charge in [-0.15, -0.1) is 0 Å². The number of halogens is 1. The van der Waals surface area contributed by atoms with Crippen molar-refractivity contribution in [2.75, 3.05) is 16.6 Å². The molecule has 9 heteroatoms. The molecule has 0 aliphatic carbocycles. The van der Waals surface area contributed by atoms with Gasteiger partial charge in [0, 0.05) is 17.3 Å². The van der Waals surface area contributed by atoms with Crippen LogP contribution in [-0.4, -0.2) is 25.9 Å². The van der Waals surface area contributed by atoms with Crippen molar-refractivity contribution in [3.05, 3.63) is 89.1 Å². The van der Waals surface area contributed by atoms with Gasteiger partial charge < -0.3 is 10.1 Å². The van der Waals surface area contributed by atoms with Crippen LogP contribution in [-0.2, 0) is 14.8 Å². The molecule has 0 radical (unpaired) electrons. The summed E-state index contributed by atoms with van der Waals surface area (Å²) in [4.78, 5) is 16.6. The number of amides is 1. The molecule has 2 N–H and O–H groups in total. The lowest BCUT2D eigenvalue weighted by molar-refractivity contribution is -0.118. The second-order valence-electron chi connectivity index (χ2n) is 7.74. The molecule has 4 aromatic rings. The molecule has 0 aliphatic heterocycles. The fraction of sp³-hybridized carbons (Fsp3) is 0.120. The molecule has 0 aliphatic rings. The van der Waals surface area contributed by atoms with Crippen LogP contribution in [0.5, 0.6) is 5.75 Å². The Balaban J connectivity index is 1.48. The van der Waals surface area contributed by atoms with E-state index < -0.39 is 15.9 Å². The van der Waals surface area contributed by atoms with Crippen molar-refractivity contribution in [2.45, 2.75) is 18.7 Å². The number of pyridine rings is 1. The van der Waals surface area contributed by atoms with E-state index in [9.17, 15) is 13.2 Å². The van der Waals surface area contributed by atoms with Crippen LogP contribution >= 0.6 is 11.6 Å². The Kier molecular flexibility index (Phi) is 6.72. The van der Waals surface area contributed by atoms with Crippen molar-refractivity contribution < 1.29 is 17.9 Å². The molecule has 1 aromatic heterocycles. The van der Waals surface area contributed by atoms with Crippen LogP contribution in [0.25, 0.3) is 10.9 Å². The lowest BCUT2D eigenvalue weighted by Crippen LogP contribution is -2.21. The van der Waals surface area contributed by atoms with Gasteiger partial charge in [0.25, 0.3) is 15.9 Å². The van der Waals surface area contributed by atoms with E-state index in [1.807, 2.05) is 50.2 Å². The number of nitrogens with zero attached hydrogens (tertiary/aromatic N) is 1. The molecule has 0 unspecified atom stereocenters. The third-order valence-corrected chi connectivity index (χ3v) is 6.93. The summed E-state index contributed by atoms with van der Waals surface area (Å²) >= 11 is 6.18. The van der Waals surface area contributed by atoms with Gasteiger partial charge in [0.2, 0.25) is 0 Å². The maximum absolute atomic E-state index is 13.0. The minimum absolute atomic E-state index is 0.0355. The number of hydrogen-bond donors (Lipinski definition) is 2. The lowest BCUT2D eigenvalue weighted by Gasteiger charge is -2.14. The number of nitrogens with one attached hydrogen (secondary N) is 2. The molecule has 4 rings (SSSR count). The Labute approximate surface area is 202 Å². The van der Waals surface area contributed by atoms with Gasteiger partial charge in [-0.3, -0.25) is 14.5 Å². The van der Waals surface area contributed by atoms with Crippen LogP contribution in [0.1, 0.15) is 11.1 Å². The fourth-order valence-electron chi connectivity index (χ4n) is 3.45. The molecule has 1 heterocycles. The highest BCUT2D eigenvalue weighted by atomic mass is 35.5. The molecular weight excluding hydrogens is 474 g/mol. The number of para-hydroxylation sites is 1. The number of ether oxygens (including phenoxy) is 1. The number of rotatable bonds is 7. The average molecular weight is 496 g/mol. The van der Waals surface area contributed by atoms with Gasteiger partial charge in [-0.2, -0.15) is 0 Å². The van der Waals surface area contributed by atoms with Crippen molar-refractivity contribution in [3.8, 4) is 5.75 Å². The zero-order chi connectivity index (χ0) is 24.3. The molecule has 3 aromatic carbocycles. The van der Waals surface area contributed by atoms with E-state index in [2.05, 4.69) is 15.0 Å². The summed E-state index contributed by atoms with van der Waals surface area (Å²) in [6.07, 6.45) is 1.65. The minimum atomic E-state index is -3.99. The predicted octanol–water partition coefficient (Wildman–Crippen LogP) is 5.32. The highest BCUT2D eigenvalue weighted by molar-refractivity contribution is 7.92. The van der Waals surface area contributed by atoms with Crippen molar-refractivity contribution >= 4 is 49.8 Å². The second-order valence-corrected chi connectivity index (χ2v) is 9.80. The molecule has 0 fully saturated rings. The van der Waals surface area contributed by atoms with Gasteiger partial charge in [0.1, 0.15) is 16.2 Å². The van der Waals surface area contributed by atoms with Crippen molar-refractivity contribution in [3.63, 3.8) is 0 Å². The van der Waals surface area contributed by atoms with Gasteiger partial charge >= 0.3 is 0 Å². The molecular formula is C25H22ClN3O4S. The molecule has 0 bridgehead atoms. The van der Waals surface area contributed by atoms with E-state index in [-0.39, 0.29) is 22.2 Å². The van der Waals surface area contributed by atoms with Crippen LogP contribution in [0.4, 0.5) is 11.4 Å². The lowest BCUT2D eigenvalue weighted by atomic mass is 10.1. The summed E-state index contributed by atoms with van der Waals surface area (Å²) in [7, 11) is -3.99. The summed E-state index contributed by atoms with van der Waals surface area (Å²) in [6.45, 7) is 3.46. The van der Waals surface area contributed by atoms with Gasteiger partial charge in [0.05, 0.1) is 10.7 Å². The summed E-state index contributed by atoms with van der Waals surface area (Å²) in [6, 6.07) is 18.8. The number of sulfonamides is 1. The number of benzene rings is 3. The summed E-state index contributed by atoms with van der Waals surface area (Å²) < 4.78 is 34.2. The topological polar surface area (TPSA) is 97.4 Å². The maximum atomic E-state index is 13.0. The largest absolute Gasteiger partial charge is 0.481 e. The molecule has 0 atom stereocenters.